The molecule has 0 bridgehead atoms. The number of anilines is 1. The van der Waals surface area contributed by atoms with Crippen LogP contribution < -0.4 is 5.48 Å². The molecule has 4 nitrogen and oxygen atoms in total. The zero-order valence-electron chi connectivity index (χ0n) is 7.50. The summed E-state index contributed by atoms with van der Waals surface area (Å²) in [6.45, 7) is 1.80. The number of nitrogens with one attached hydrogen (secondary N) is 1. The third kappa shape index (κ3) is 1.97. The summed E-state index contributed by atoms with van der Waals surface area (Å²) in [5.74, 6) is -0.408. The number of aryl methyl sites for hydroxylation is 1. The quantitative estimate of drug-likeness (QED) is 0.537. The predicted molar refractivity (Wildman–Crippen MR) is 47.9 cm³/mol. The molecule has 0 atom stereocenters. The number of benzene rings is 1. The highest BCUT2D eigenvalue weighted by molar-refractivity contribution is 5.92. The molecule has 0 aliphatic rings. The molecule has 0 saturated heterocycles. The third-order valence-corrected chi connectivity index (χ3v) is 1.77. The normalized spacial score (nSPS) is 9.46. The number of carbonyl (C=O) groups excluding carboxylic acids is 1. The number of ether oxygens (including phenoxy) is 1. The van der Waals surface area contributed by atoms with Gasteiger partial charge in [0.1, 0.15) is 0 Å². The molecule has 1 aromatic rings. The van der Waals surface area contributed by atoms with Crippen LogP contribution in [0.2, 0.25) is 0 Å². The fraction of sp³-hybridized carbons (Fsp3) is 0.222. The fourth-order valence-electron chi connectivity index (χ4n) is 1.02. The first-order valence-corrected chi connectivity index (χ1v) is 3.78. The highest BCUT2D eigenvalue weighted by Crippen LogP contribution is 2.15. The van der Waals surface area contributed by atoms with E-state index in [0.29, 0.717) is 11.3 Å². The van der Waals surface area contributed by atoms with Gasteiger partial charge in [-0.25, -0.2) is 4.79 Å². The van der Waals surface area contributed by atoms with Gasteiger partial charge in [0.2, 0.25) is 0 Å². The molecule has 13 heavy (non-hydrogen) atoms. The topological polar surface area (TPSA) is 58.6 Å². The number of rotatable bonds is 2. The Bertz CT molecular complexity index is 323. The van der Waals surface area contributed by atoms with E-state index in [-0.39, 0.29) is 0 Å². The van der Waals surface area contributed by atoms with Crippen LogP contribution >= 0.6 is 0 Å². The Kier molecular flexibility index (Phi) is 2.87. The molecule has 0 radical (unpaired) electrons. The van der Waals surface area contributed by atoms with E-state index < -0.39 is 5.97 Å². The minimum Gasteiger partial charge on any atom is -0.465 e. The number of methoxy groups -OCH3 is 1. The molecule has 0 aliphatic carbocycles. The molecular weight excluding hydrogens is 170 g/mol. The van der Waals surface area contributed by atoms with Gasteiger partial charge in [-0.3, -0.25) is 10.7 Å². The van der Waals surface area contributed by atoms with Gasteiger partial charge in [0.25, 0.3) is 0 Å². The average molecular weight is 181 g/mol. The molecule has 0 spiro atoms. The second kappa shape index (κ2) is 3.91. The summed E-state index contributed by atoms with van der Waals surface area (Å²) in [6.07, 6.45) is 0. The van der Waals surface area contributed by atoms with Gasteiger partial charge in [0.15, 0.2) is 0 Å². The lowest BCUT2D eigenvalue weighted by molar-refractivity contribution is 0.0600. The van der Waals surface area contributed by atoms with E-state index in [2.05, 4.69) is 4.74 Å². The van der Waals surface area contributed by atoms with Crippen molar-refractivity contribution in [2.75, 3.05) is 12.6 Å². The first-order valence-electron chi connectivity index (χ1n) is 3.78. The second-order valence-corrected chi connectivity index (χ2v) is 2.63. The third-order valence-electron chi connectivity index (χ3n) is 1.77. The van der Waals surface area contributed by atoms with Crippen molar-refractivity contribution in [1.29, 1.82) is 0 Å². The lowest BCUT2D eigenvalue weighted by atomic mass is 10.1. The largest absolute Gasteiger partial charge is 0.465 e. The van der Waals surface area contributed by atoms with Gasteiger partial charge in [0, 0.05) is 0 Å². The number of hydrogen-bond donors (Lipinski definition) is 2. The molecule has 0 fully saturated rings. The van der Waals surface area contributed by atoms with E-state index in [9.17, 15) is 4.79 Å². The lowest BCUT2D eigenvalue weighted by Crippen LogP contribution is -2.04. The molecule has 0 aromatic heterocycles. The molecule has 70 valence electrons. The molecule has 0 heterocycles. The fourth-order valence-corrected chi connectivity index (χ4v) is 1.02. The molecule has 4 heteroatoms. The SMILES string of the molecule is COC(=O)c1cc(NO)ccc1C. The van der Waals surface area contributed by atoms with Crippen LogP contribution in [0.25, 0.3) is 0 Å². The maximum atomic E-state index is 11.2. The van der Waals surface area contributed by atoms with Crippen LogP contribution in [-0.4, -0.2) is 18.3 Å². The Labute approximate surface area is 76.1 Å². The Balaban J connectivity index is 3.11. The monoisotopic (exact) mass is 181 g/mol. The maximum Gasteiger partial charge on any atom is 0.338 e. The molecule has 1 aromatic carbocycles. The van der Waals surface area contributed by atoms with Crippen molar-refractivity contribution in [1.82, 2.24) is 0 Å². The Hall–Kier alpha value is -1.55. The molecule has 0 unspecified atom stereocenters. The van der Waals surface area contributed by atoms with Crippen molar-refractivity contribution < 1.29 is 14.7 Å². The summed E-state index contributed by atoms with van der Waals surface area (Å²) in [5, 5.41) is 8.61. The van der Waals surface area contributed by atoms with Crippen molar-refractivity contribution in [3.8, 4) is 0 Å². The number of esters is 1. The average Bonchev–Trinajstić information content (AvgIpc) is 2.17. The number of hydrogen-bond acceptors (Lipinski definition) is 4. The van der Waals surface area contributed by atoms with Gasteiger partial charge in [-0.2, -0.15) is 0 Å². The zero-order chi connectivity index (χ0) is 9.84. The molecule has 0 saturated carbocycles. The van der Waals surface area contributed by atoms with E-state index in [0.717, 1.165) is 5.56 Å². The van der Waals surface area contributed by atoms with Crippen molar-refractivity contribution in [2.45, 2.75) is 6.92 Å². The van der Waals surface area contributed by atoms with Crippen molar-refractivity contribution in [3.63, 3.8) is 0 Å². The van der Waals surface area contributed by atoms with E-state index >= 15 is 0 Å². The molecule has 0 amide bonds. The van der Waals surface area contributed by atoms with Gasteiger partial charge in [-0.1, -0.05) is 6.07 Å². The summed E-state index contributed by atoms with van der Waals surface area (Å²) >= 11 is 0. The van der Waals surface area contributed by atoms with Gasteiger partial charge in [-0.05, 0) is 24.6 Å². The highest BCUT2D eigenvalue weighted by Gasteiger charge is 2.09. The standard InChI is InChI=1S/C9H11NO3/c1-6-3-4-7(10-12)5-8(6)9(11)13-2/h3-5,10,12H,1-2H3. The highest BCUT2D eigenvalue weighted by atomic mass is 16.5. The summed E-state index contributed by atoms with van der Waals surface area (Å²) in [5.41, 5.74) is 3.69. The predicted octanol–water partition coefficient (Wildman–Crippen LogP) is 1.58. The smallest absolute Gasteiger partial charge is 0.338 e. The summed E-state index contributed by atoms with van der Waals surface area (Å²) in [4.78, 5) is 11.2. The van der Waals surface area contributed by atoms with Crippen LogP contribution in [0.4, 0.5) is 5.69 Å². The summed E-state index contributed by atoms with van der Waals surface area (Å²) < 4.78 is 4.57. The van der Waals surface area contributed by atoms with E-state index in [1.54, 1.807) is 19.1 Å². The summed E-state index contributed by atoms with van der Waals surface area (Å²) in [7, 11) is 1.32. The zero-order valence-corrected chi connectivity index (χ0v) is 7.50. The molecule has 1 rings (SSSR count). The Morgan fingerprint density at radius 1 is 1.54 bits per heavy atom. The van der Waals surface area contributed by atoms with Crippen molar-refractivity contribution >= 4 is 11.7 Å². The Morgan fingerprint density at radius 2 is 2.23 bits per heavy atom. The molecule has 0 aliphatic heterocycles. The molecular formula is C9H11NO3. The van der Waals surface area contributed by atoms with E-state index in [1.807, 2.05) is 5.48 Å². The van der Waals surface area contributed by atoms with Crippen LogP contribution in [0.1, 0.15) is 15.9 Å². The lowest BCUT2D eigenvalue weighted by Gasteiger charge is -2.05. The maximum absolute atomic E-state index is 11.2. The summed E-state index contributed by atoms with van der Waals surface area (Å²) in [6, 6.07) is 4.92. The number of carbonyl (C=O) groups is 1. The van der Waals surface area contributed by atoms with Gasteiger partial charge >= 0.3 is 5.97 Å². The van der Waals surface area contributed by atoms with Crippen molar-refractivity contribution in [2.24, 2.45) is 0 Å². The first-order chi connectivity index (χ1) is 6.19. The minimum absolute atomic E-state index is 0.408. The van der Waals surface area contributed by atoms with Crippen molar-refractivity contribution in [3.05, 3.63) is 29.3 Å². The van der Waals surface area contributed by atoms with Crippen LogP contribution in [0.15, 0.2) is 18.2 Å². The van der Waals surface area contributed by atoms with Crippen LogP contribution in [0.3, 0.4) is 0 Å². The van der Waals surface area contributed by atoms with E-state index in [4.69, 9.17) is 5.21 Å². The molecule has 2 N–H and O–H groups in total. The Morgan fingerprint density at radius 3 is 2.77 bits per heavy atom. The van der Waals surface area contributed by atoms with Gasteiger partial charge in [-0.15, -0.1) is 0 Å². The first kappa shape index (κ1) is 9.54. The van der Waals surface area contributed by atoms with E-state index in [1.165, 1.54) is 13.2 Å². The van der Waals surface area contributed by atoms with Crippen LogP contribution in [0.5, 0.6) is 0 Å². The second-order valence-electron chi connectivity index (χ2n) is 2.63. The van der Waals surface area contributed by atoms with Crippen LogP contribution in [-0.2, 0) is 4.74 Å². The minimum atomic E-state index is -0.408. The van der Waals surface area contributed by atoms with Gasteiger partial charge in [0.05, 0.1) is 18.4 Å². The van der Waals surface area contributed by atoms with Crippen LogP contribution in [0, 0.1) is 6.92 Å². The van der Waals surface area contributed by atoms with Gasteiger partial charge < -0.3 is 4.74 Å².